The van der Waals surface area contributed by atoms with Gasteiger partial charge in [-0.2, -0.15) is 0 Å². The van der Waals surface area contributed by atoms with Crippen LogP contribution >= 0.6 is 0 Å². The second kappa shape index (κ2) is 8.09. The number of amides is 1. The van der Waals surface area contributed by atoms with Crippen LogP contribution in [0.3, 0.4) is 0 Å². The van der Waals surface area contributed by atoms with Crippen LogP contribution in [0.2, 0.25) is 0 Å². The number of ether oxygens (including phenoxy) is 2. The van der Waals surface area contributed by atoms with Gasteiger partial charge in [-0.3, -0.25) is 4.79 Å². The van der Waals surface area contributed by atoms with E-state index in [-0.39, 0.29) is 24.7 Å². The molecule has 6 nitrogen and oxygen atoms in total. The van der Waals surface area contributed by atoms with Gasteiger partial charge < -0.3 is 18.8 Å². The zero-order valence-corrected chi connectivity index (χ0v) is 16.5. The van der Waals surface area contributed by atoms with E-state index in [4.69, 9.17) is 13.9 Å². The van der Waals surface area contributed by atoms with Crippen LogP contribution in [0.15, 0.2) is 63.8 Å². The van der Waals surface area contributed by atoms with Gasteiger partial charge in [-0.1, -0.05) is 30.3 Å². The molecule has 0 N–H and O–H groups in total. The van der Waals surface area contributed by atoms with Crippen LogP contribution in [0.4, 0.5) is 0 Å². The Balaban J connectivity index is 1.54. The van der Waals surface area contributed by atoms with Crippen molar-refractivity contribution in [3.05, 3.63) is 65.0 Å². The average molecular weight is 393 g/mol. The third-order valence-electron chi connectivity index (χ3n) is 4.94. The van der Waals surface area contributed by atoms with E-state index in [9.17, 15) is 9.59 Å². The van der Waals surface area contributed by atoms with E-state index >= 15 is 0 Å². The molecule has 1 saturated heterocycles. The fourth-order valence-electron chi connectivity index (χ4n) is 3.71. The van der Waals surface area contributed by atoms with Crippen LogP contribution in [0, 0.1) is 0 Å². The van der Waals surface area contributed by atoms with Crippen LogP contribution < -0.4 is 10.4 Å². The lowest BCUT2D eigenvalue weighted by atomic mass is 10.0. The first kappa shape index (κ1) is 19.2. The molecule has 4 rings (SSSR count). The molecule has 3 aromatic rings. The standard InChI is InChI=1S/C23H23NO5/c1-15-12-24(13-16(2)28-15)22(25)14-27-18-8-9-19-20(17-6-4-3-5-7-17)11-23(26)29-21(19)10-18/h3-11,15-16H,12-14H2,1-2H3/t15-,16-/m0/s1. The lowest BCUT2D eigenvalue weighted by Crippen LogP contribution is -2.49. The molecule has 6 heteroatoms. The van der Waals surface area contributed by atoms with Crippen LogP contribution in [-0.4, -0.2) is 42.7 Å². The van der Waals surface area contributed by atoms with Gasteiger partial charge in [0, 0.05) is 30.6 Å². The van der Waals surface area contributed by atoms with Gasteiger partial charge in [0.15, 0.2) is 6.61 Å². The average Bonchev–Trinajstić information content (AvgIpc) is 2.71. The third kappa shape index (κ3) is 4.32. The Bertz CT molecular complexity index is 1070. The molecule has 1 fully saturated rings. The molecular formula is C23H23NO5. The van der Waals surface area contributed by atoms with Gasteiger partial charge in [0.1, 0.15) is 11.3 Å². The van der Waals surface area contributed by atoms with Crippen molar-refractivity contribution in [2.24, 2.45) is 0 Å². The van der Waals surface area contributed by atoms with Crippen molar-refractivity contribution < 1.29 is 18.7 Å². The van der Waals surface area contributed by atoms with E-state index in [1.165, 1.54) is 6.07 Å². The van der Waals surface area contributed by atoms with E-state index in [0.717, 1.165) is 16.5 Å². The summed E-state index contributed by atoms with van der Waals surface area (Å²) in [4.78, 5) is 26.3. The first-order chi connectivity index (χ1) is 14.0. The molecule has 1 aliphatic heterocycles. The zero-order chi connectivity index (χ0) is 20.4. The van der Waals surface area contributed by atoms with Gasteiger partial charge in [0.25, 0.3) is 5.91 Å². The molecule has 2 atom stereocenters. The van der Waals surface area contributed by atoms with Gasteiger partial charge in [0.05, 0.1) is 12.2 Å². The predicted octanol–water partition coefficient (Wildman–Crippen LogP) is 3.47. The summed E-state index contributed by atoms with van der Waals surface area (Å²) in [6.07, 6.45) is 0.0168. The number of hydrogen-bond acceptors (Lipinski definition) is 5. The maximum Gasteiger partial charge on any atom is 0.336 e. The highest BCUT2D eigenvalue weighted by Gasteiger charge is 2.26. The van der Waals surface area contributed by atoms with E-state index < -0.39 is 5.63 Å². The molecule has 1 aromatic heterocycles. The van der Waals surface area contributed by atoms with Gasteiger partial charge >= 0.3 is 5.63 Å². The normalized spacial score (nSPS) is 19.3. The Hall–Kier alpha value is -3.12. The molecule has 1 amide bonds. The number of fused-ring (bicyclic) bond motifs is 1. The number of morpholine rings is 1. The Kier molecular flexibility index (Phi) is 5.36. The summed E-state index contributed by atoms with van der Waals surface area (Å²) in [6, 6.07) is 16.4. The van der Waals surface area contributed by atoms with Crippen molar-refractivity contribution in [2.75, 3.05) is 19.7 Å². The van der Waals surface area contributed by atoms with Crippen LogP contribution in [-0.2, 0) is 9.53 Å². The van der Waals surface area contributed by atoms with Crippen molar-refractivity contribution in [3.8, 4) is 16.9 Å². The van der Waals surface area contributed by atoms with Crippen molar-refractivity contribution in [2.45, 2.75) is 26.1 Å². The first-order valence-electron chi connectivity index (χ1n) is 9.69. The summed E-state index contributed by atoms with van der Waals surface area (Å²) >= 11 is 0. The minimum absolute atomic E-state index is 0.00838. The number of hydrogen-bond donors (Lipinski definition) is 0. The maximum atomic E-state index is 12.5. The molecule has 0 radical (unpaired) electrons. The van der Waals surface area contributed by atoms with Crippen molar-refractivity contribution in [1.29, 1.82) is 0 Å². The summed E-state index contributed by atoms with van der Waals surface area (Å²) in [6.45, 7) is 4.94. The fraction of sp³-hybridized carbons (Fsp3) is 0.304. The van der Waals surface area contributed by atoms with Crippen LogP contribution in [0.1, 0.15) is 13.8 Å². The van der Waals surface area contributed by atoms with Gasteiger partial charge in [-0.05, 0) is 37.1 Å². The Morgan fingerprint density at radius 2 is 1.79 bits per heavy atom. The third-order valence-corrected chi connectivity index (χ3v) is 4.94. The van der Waals surface area contributed by atoms with E-state index in [2.05, 4.69) is 0 Å². The fourth-order valence-corrected chi connectivity index (χ4v) is 3.71. The number of benzene rings is 2. The van der Waals surface area contributed by atoms with Gasteiger partial charge in [-0.25, -0.2) is 4.79 Å². The molecule has 29 heavy (non-hydrogen) atoms. The van der Waals surface area contributed by atoms with Gasteiger partial charge in [0.2, 0.25) is 0 Å². The lowest BCUT2D eigenvalue weighted by Gasteiger charge is -2.35. The van der Waals surface area contributed by atoms with E-state index in [0.29, 0.717) is 24.4 Å². The topological polar surface area (TPSA) is 69.0 Å². The summed E-state index contributed by atoms with van der Waals surface area (Å²) in [5, 5.41) is 0.810. The second-order valence-corrected chi connectivity index (χ2v) is 7.35. The molecular weight excluding hydrogens is 370 g/mol. The monoisotopic (exact) mass is 393 g/mol. The lowest BCUT2D eigenvalue weighted by molar-refractivity contribution is -0.145. The molecule has 1 aliphatic rings. The Morgan fingerprint density at radius 1 is 1.07 bits per heavy atom. The molecule has 0 bridgehead atoms. The zero-order valence-electron chi connectivity index (χ0n) is 16.5. The SMILES string of the molecule is C[C@H]1CN(C(=O)COc2ccc3c(-c4ccccc4)cc(=O)oc3c2)C[C@H](C)O1. The number of nitrogens with zero attached hydrogens (tertiary/aromatic N) is 1. The van der Waals surface area contributed by atoms with Crippen LogP contribution in [0.25, 0.3) is 22.1 Å². The molecule has 0 unspecified atom stereocenters. The quantitative estimate of drug-likeness (QED) is 0.635. The number of rotatable bonds is 4. The highest BCUT2D eigenvalue weighted by molar-refractivity contribution is 5.93. The molecule has 0 aliphatic carbocycles. The van der Waals surface area contributed by atoms with Crippen LogP contribution in [0.5, 0.6) is 5.75 Å². The summed E-state index contributed by atoms with van der Waals surface area (Å²) in [5.74, 6) is 0.389. The van der Waals surface area contributed by atoms with Crippen molar-refractivity contribution >= 4 is 16.9 Å². The minimum Gasteiger partial charge on any atom is -0.484 e. The minimum atomic E-state index is -0.430. The highest BCUT2D eigenvalue weighted by atomic mass is 16.5. The Labute approximate surface area is 168 Å². The molecule has 150 valence electrons. The molecule has 2 aromatic carbocycles. The first-order valence-corrected chi connectivity index (χ1v) is 9.69. The second-order valence-electron chi connectivity index (χ2n) is 7.35. The van der Waals surface area contributed by atoms with E-state index in [1.54, 1.807) is 17.0 Å². The highest BCUT2D eigenvalue weighted by Crippen LogP contribution is 2.29. The predicted molar refractivity (Wildman–Crippen MR) is 110 cm³/mol. The number of carbonyl (C=O) groups is 1. The van der Waals surface area contributed by atoms with Crippen molar-refractivity contribution in [1.82, 2.24) is 4.90 Å². The smallest absolute Gasteiger partial charge is 0.336 e. The van der Waals surface area contributed by atoms with E-state index in [1.807, 2.05) is 50.2 Å². The summed E-state index contributed by atoms with van der Waals surface area (Å²) in [5.41, 5.74) is 1.73. The largest absolute Gasteiger partial charge is 0.484 e. The van der Waals surface area contributed by atoms with Gasteiger partial charge in [-0.15, -0.1) is 0 Å². The van der Waals surface area contributed by atoms with Crippen molar-refractivity contribution in [3.63, 3.8) is 0 Å². The molecule has 0 spiro atoms. The molecule has 0 saturated carbocycles. The summed E-state index contributed by atoms with van der Waals surface area (Å²) in [7, 11) is 0. The molecule has 2 heterocycles. The number of carbonyl (C=O) groups excluding carboxylic acids is 1. The summed E-state index contributed by atoms with van der Waals surface area (Å²) < 4.78 is 16.7. The maximum absolute atomic E-state index is 12.5. The Morgan fingerprint density at radius 3 is 2.52 bits per heavy atom.